The van der Waals surface area contributed by atoms with E-state index in [-0.39, 0.29) is 30.9 Å². The second-order valence-corrected chi connectivity index (χ2v) is 7.32. The zero-order valence-electron chi connectivity index (χ0n) is 10.1. The maximum absolute atomic E-state index is 13.4. The number of phenols is 1. The predicted molar refractivity (Wildman–Crippen MR) is 83.0 cm³/mol. The first kappa shape index (κ1) is 16.4. The number of sulfonamides is 1. The maximum atomic E-state index is 13.4. The highest BCUT2D eigenvalue weighted by Gasteiger charge is 2.17. The van der Waals surface area contributed by atoms with Gasteiger partial charge in [0.1, 0.15) is 5.82 Å². The van der Waals surface area contributed by atoms with Crippen molar-refractivity contribution in [1.82, 2.24) is 0 Å². The Kier molecular flexibility index (Phi) is 4.67. The molecule has 0 bridgehead atoms. The first-order valence-electron chi connectivity index (χ1n) is 5.36. The number of phenolic OH excluding ortho intramolecular Hbond substituents is 1. The molecule has 2 rings (SSSR count). The number of halogens is 4. The molecule has 0 amide bonds. The molecular weight excluding hydrogens is 408 g/mol. The van der Waals surface area contributed by atoms with Crippen molar-refractivity contribution in [3.8, 4) is 5.75 Å². The fourth-order valence-electron chi connectivity index (χ4n) is 1.48. The van der Waals surface area contributed by atoms with Crippen LogP contribution in [0.25, 0.3) is 0 Å². The van der Waals surface area contributed by atoms with E-state index < -0.39 is 15.8 Å². The summed E-state index contributed by atoms with van der Waals surface area (Å²) < 4.78 is 40.0. The van der Waals surface area contributed by atoms with Crippen molar-refractivity contribution in [2.24, 2.45) is 0 Å². The minimum Gasteiger partial charge on any atom is -0.505 e. The lowest BCUT2D eigenvalue weighted by Gasteiger charge is -2.10. The van der Waals surface area contributed by atoms with Crippen molar-refractivity contribution in [3.63, 3.8) is 0 Å². The molecule has 0 aliphatic rings. The quantitative estimate of drug-likeness (QED) is 0.731. The topological polar surface area (TPSA) is 66.4 Å². The molecule has 0 fully saturated rings. The van der Waals surface area contributed by atoms with E-state index in [0.29, 0.717) is 0 Å². The SMILES string of the molecule is O=S(=O)(Nc1cc(Cl)c(O)c(Cl)c1)c1ccc(Br)c(F)c1. The average molecular weight is 415 g/mol. The van der Waals surface area contributed by atoms with Crippen molar-refractivity contribution >= 4 is 54.8 Å². The molecule has 0 atom stereocenters. The minimum atomic E-state index is -4.01. The highest BCUT2D eigenvalue weighted by atomic mass is 79.9. The first-order valence-corrected chi connectivity index (χ1v) is 8.40. The number of hydrogen-bond donors (Lipinski definition) is 2. The molecule has 0 aliphatic carbocycles. The van der Waals surface area contributed by atoms with Gasteiger partial charge in [0, 0.05) is 0 Å². The fraction of sp³-hybridized carbons (Fsp3) is 0. The summed E-state index contributed by atoms with van der Waals surface area (Å²) in [5.74, 6) is -1.06. The minimum absolute atomic E-state index is 0.0473. The molecule has 0 saturated heterocycles. The lowest BCUT2D eigenvalue weighted by molar-refractivity contribution is 0.476. The van der Waals surface area contributed by atoms with Crippen LogP contribution in [-0.2, 0) is 10.0 Å². The van der Waals surface area contributed by atoms with E-state index in [1.165, 1.54) is 24.3 Å². The van der Waals surface area contributed by atoms with Crippen molar-refractivity contribution in [1.29, 1.82) is 0 Å². The van der Waals surface area contributed by atoms with Gasteiger partial charge >= 0.3 is 0 Å². The molecule has 0 aromatic heterocycles. The van der Waals surface area contributed by atoms with Crippen molar-refractivity contribution in [2.75, 3.05) is 4.72 Å². The Balaban J connectivity index is 2.39. The van der Waals surface area contributed by atoms with Gasteiger partial charge in [-0.15, -0.1) is 0 Å². The molecular formula is C12H7BrCl2FNO3S. The predicted octanol–water partition coefficient (Wildman–Crippen LogP) is 4.40. The lowest BCUT2D eigenvalue weighted by Crippen LogP contribution is -2.13. The summed E-state index contributed by atoms with van der Waals surface area (Å²) >= 11 is 14.3. The summed E-state index contributed by atoms with van der Waals surface area (Å²) in [6.07, 6.45) is 0. The largest absolute Gasteiger partial charge is 0.505 e. The Labute approximate surface area is 138 Å². The van der Waals surface area contributed by atoms with Crippen LogP contribution in [0.5, 0.6) is 5.75 Å². The smallest absolute Gasteiger partial charge is 0.261 e. The number of hydrogen-bond acceptors (Lipinski definition) is 3. The van der Waals surface area contributed by atoms with E-state index in [1.807, 2.05) is 0 Å². The van der Waals surface area contributed by atoms with E-state index in [2.05, 4.69) is 20.7 Å². The van der Waals surface area contributed by atoms with Gasteiger partial charge in [0.05, 0.1) is 25.1 Å². The van der Waals surface area contributed by atoms with Crippen LogP contribution in [0.3, 0.4) is 0 Å². The molecule has 112 valence electrons. The van der Waals surface area contributed by atoms with E-state index in [9.17, 15) is 17.9 Å². The maximum Gasteiger partial charge on any atom is 0.261 e. The molecule has 2 N–H and O–H groups in total. The van der Waals surface area contributed by atoms with Gasteiger partial charge in [0.25, 0.3) is 10.0 Å². The van der Waals surface area contributed by atoms with E-state index >= 15 is 0 Å². The van der Waals surface area contributed by atoms with Crippen LogP contribution >= 0.6 is 39.1 Å². The standard InChI is InChI=1S/C12H7BrCl2FNO3S/c13-8-2-1-7(5-11(8)16)21(19,20)17-6-3-9(14)12(18)10(15)4-6/h1-5,17-18H. The third-order valence-electron chi connectivity index (χ3n) is 2.47. The lowest BCUT2D eigenvalue weighted by atomic mass is 10.3. The summed E-state index contributed by atoms with van der Waals surface area (Å²) in [7, 11) is -4.01. The van der Waals surface area contributed by atoms with Crippen LogP contribution in [0.15, 0.2) is 39.7 Å². The number of aromatic hydroxyl groups is 1. The Morgan fingerprint density at radius 1 is 1.14 bits per heavy atom. The van der Waals surface area contributed by atoms with E-state index in [1.54, 1.807) is 0 Å². The highest BCUT2D eigenvalue weighted by Crippen LogP contribution is 2.35. The Morgan fingerprint density at radius 3 is 2.24 bits per heavy atom. The number of nitrogens with one attached hydrogen (secondary N) is 1. The molecule has 2 aromatic carbocycles. The zero-order chi connectivity index (χ0) is 15.8. The first-order chi connectivity index (χ1) is 9.70. The van der Waals surface area contributed by atoms with Crippen molar-refractivity contribution in [2.45, 2.75) is 4.90 Å². The number of rotatable bonds is 3. The number of benzene rings is 2. The molecule has 21 heavy (non-hydrogen) atoms. The van der Waals surface area contributed by atoms with Gasteiger partial charge in [-0.05, 0) is 46.3 Å². The van der Waals surface area contributed by atoms with Crippen LogP contribution < -0.4 is 4.72 Å². The molecule has 4 nitrogen and oxygen atoms in total. The second-order valence-electron chi connectivity index (χ2n) is 3.97. The van der Waals surface area contributed by atoms with Gasteiger partial charge in [-0.25, -0.2) is 12.8 Å². The van der Waals surface area contributed by atoms with Gasteiger partial charge in [-0.3, -0.25) is 4.72 Å². The summed E-state index contributed by atoms with van der Waals surface area (Å²) in [6, 6.07) is 5.76. The molecule has 0 aliphatic heterocycles. The van der Waals surface area contributed by atoms with Gasteiger partial charge < -0.3 is 5.11 Å². The summed E-state index contributed by atoms with van der Waals surface area (Å²) in [5, 5.41) is 9.20. The van der Waals surface area contributed by atoms with Crippen molar-refractivity contribution < 1.29 is 17.9 Å². The zero-order valence-corrected chi connectivity index (χ0v) is 14.0. The third-order valence-corrected chi connectivity index (χ3v) is 5.07. The van der Waals surface area contributed by atoms with E-state index in [4.69, 9.17) is 23.2 Å². The average Bonchev–Trinajstić information content (AvgIpc) is 2.38. The van der Waals surface area contributed by atoms with Crippen molar-refractivity contribution in [3.05, 3.63) is 50.7 Å². The molecule has 0 radical (unpaired) electrons. The molecule has 0 unspecified atom stereocenters. The van der Waals surface area contributed by atoms with Gasteiger partial charge in [0.15, 0.2) is 5.75 Å². The Bertz CT molecular complexity index is 791. The third kappa shape index (κ3) is 3.60. The summed E-state index contributed by atoms with van der Waals surface area (Å²) in [5.41, 5.74) is 0.0473. The molecule has 0 spiro atoms. The molecule has 9 heteroatoms. The Hall–Kier alpha value is -1.02. The highest BCUT2D eigenvalue weighted by molar-refractivity contribution is 9.10. The molecule has 0 saturated carbocycles. The van der Waals surface area contributed by atoms with Crippen LogP contribution in [0.4, 0.5) is 10.1 Å². The summed E-state index contributed by atoms with van der Waals surface area (Å²) in [4.78, 5) is -0.261. The van der Waals surface area contributed by atoms with Gasteiger partial charge in [-0.2, -0.15) is 0 Å². The summed E-state index contributed by atoms with van der Waals surface area (Å²) in [6.45, 7) is 0. The fourth-order valence-corrected chi connectivity index (χ4v) is 3.27. The van der Waals surface area contributed by atoms with Crippen LogP contribution in [0.1, 0.15) is 0 Å². The van der Waals surface area contributed by atoms with Crippen LogP contribution in [0, 0.1) is 5.82 Å². The van der Waals surface area contributed by atoms with Crippen LogP contribution in [0.2, 0.25) is 10.0 Å². The monoisotopic (exact) mass is 413 g/mol. The van der Waals surface area contributed by atoms with Crippen LogP contribution in [-0.4, -0.2) is 13.5 Å². The molecule has 0 heterocycles. The van der Waals surface area contributed by atoms with Gasteiger partial charge in [-0.1, -0.05) is 23.2 Å². The molecule has 2 aromatic rings. The normalized spacial score (nSPS) is 11.4. The van der Waals surface area contributed by atoms with Gasteiger partial charge in [0.2, 0.25) is 0 Å². The number of anilines is 1. The Morgan fingerprint density at radius 2 is 1.71 bits per heavy atom. The van der Waals surface area contributed by atoms with E-state index in [0.717, 1.165) is 6.07 Å². The second kappa shape index (κ2) is 6.00.